The highest BCUT2D eigenvalue weighted by Crippen LogP contribution is 2.41. The minimum atomic E-state index is -5.02. The van der Waals surface area contributed by atoms with Gasteiger partial charge in [0.05, 0.1) is 32.9 Å². The molecule has 1 fully saturated rings. The van der Waals surface area contributed by atoms with Crippen LogP contribution in [0.15, 0.2) is 48.5 Å². The molecule has 4 N–H and O–H groups in total. The van der Waals surface area contributed by atoms with E-state index < -0.39 is 64.1 Å². The van der Waals surface area contributed by atoms with Crippen LogP contribution in [-0.2, 0) is 4.79 Å². The highest BCUT2D eigenvalue weighted by Gasteiger charge is 2.44. The number of urea groups is 1. The summed E-state index contributed by atoms with van der Waals surface area (Å²) in [6.45, 7) is 0. The number of benzene rings is 3. The van der Waals surface area contributed by atoms with Gasteiger partial charge in [-0.15, -0.1) is 13.2 Å². The molecule has 0 heterocycles. The molecule has 1 aliphatic rings. The molecule has 44 heavy (non-hydrogen) atoms. The maximum Gasteiger partial charge on any atom is 0.573 e. The zero-order valence-corrected chi connectivity index (χ0v) is 23.8. The minimum Gasteiger partial charge on any atom is -0.480 e. The molecule has 1 unspecified atom stereocenters. The summed E-state index contributed by atoms with van der Waals surface area (Å²) in [5, 5.41) is 17.3. The number of fused-ring (bicyclic) bond motifs is 1. The fraction of sp³-hybridized carbons (Fsp3) is 0.321. The second kappa shape index (κ2) is 13.0. The van der Waals surface area contributed by atoms with Crippen molar-refractivity contribution in [2.45, 2.75) is 44.3 Å². The summed E-state index contributed by atoms with van der Waals surface area (Å²) < 4.78 is 80.8. The van der Waals surface area contributed by atoms with Crippen LogP contribution in [0.2, 0.25) is 10.0 Å². The van der Waals surface area contributed by atoms with Gasteiger partial charge in [-0.2, -0.15) is 13.2 Å². The fourth-order valence-corrected chi connectivity index (χ4v) is 5.60. The van der Waals surface area contributed by atoms with Crippen LogP contribution in [-0.4, -0.2) is 41.6 Å². The number of rotatable bonds is 7. The predicted molar refractivity (Wildman–Crippen MR) is 150 cm³/mol. The molecular weight excluding hydrogens is 643 g/mol. The molecular formula is C28H23Cl2F6N3O5. The lowest BCUT2D eigenvalue weighted by atomic mass is 9.78. The van der Waals surface area contributed by atoms with E-state index in [9.17, 15) is 45.8 Å². The quantitative estimate of drug-likeness (QED) is 0.190. The van der Waals surface area contributed by atoms with Gasteiger partial charge < -0.3 is 25.8 Å². The summed E-state index contributed by atoms with van der Waals surface area (Å²) in [5.41, 5.74) is -0.527. The second-order valence-corrected chi connectivity index (χ2v) is 10.9. The van der Waals surface area contributed by atoms with Crippen molar-refractivity contribution in [1.82, 2.24) is 5.32 Å². The van der Waals surface area contributed by atoms with Crippen LogP contribution < -0.4 is 20.7 Å². The molecule has 1 saturated carbocycles. The lowest BCUT2D eigenvalue weighted by molar-refractivity contribution is -0.274. The SMILES string of the molecule is O=C(Nc1cc2ccccc2cc1C(=O)NC(C(=O)O)C1CCC(C(F)(F)F)CC1)Nc1c(Cl)cc(OC(F)(F)F)cc1Cl. The number of hydrogen-bond acceptors (Lipinski definition) is 4. The van der Waals surface area contributed by atoms with Gasteiger partial charge in [0.2, 0.25) is 0 Å². The monoisotopic (exact) mass is 665 g/mol. The number of amides is 3. The molecule has 0 spiro atoms. The summed E-state index contributed by atoms with van der Waals surface area (Å²) >= 11 is 12.0. The fourth-order valence-electron chi connectivity index (χ4n) is 5.04. The van der Waals surface area contributed by atoms with Gasteiger partial charge in [-0.25, -0.2) is 9.59 Å². The summed E-state index contributed by atoms with van der Waals surface area (Å²) in [6.07, 6.45) is -10.1. The van der Waals surface area contributed by atoms with Crippen LogP contribution in [0.1, 0.15) is 36.0 Å². The average Bonchev–Trinajstić information content (AvgIpc) is 2.91. The Morgan fingerprint density at radius 1 is 0.864 bits per heavy atom. The number of halogens is 8. The van der Waals surface area contributed by atoms with E-state index in [4.69, 9.17) is 23.2 Å². The zero-order valence-electron chi connectivity index (χ0n) is 22.3. The maximum absolute atomic E-state index is 13.4. The van der Waals surface area contributed by atoms with Gasteiger partial charge in [-0.1, -0.05) is 47.5 Å². The van der Waals surface area contributed by atoms with Gasteiger partial charge in [0.15, 0.2) is 0 Å². The third kappa shape index (κ3) is 8.17. The summed E-state index contributed by atoms with van der Waals surface area (Å²) in [7, 11) is 0. The highest BCUT2D eigenvalue weighted by atomic mass is 35.5. The molecule has 4 rings (SSSR count). The number of anilines is 2. The number of carboxylic acid groups (broad SMARTS) is 1. The summed E-state index contributed by atoms with van der Waals surface area (Å²) in [5.74, 6) is -5.38. The lowest BCUT2D eigenvalue weighted by Crippen LogP contribution is -2.47. The number of carbonyl (C=O) groups excluding carboxylic acids is 2. The number of hydrogen-bond donors (Lipinski definition) is 4. The first-order chi connectivity index (χ1) is 20.5. The molecule has 1 aliphatic carbocycles. The van der Waals surface area contributed by atoms with Crippen LogP contribution in [0.25, 0.3) is 10.8 Å². The Labute approximate surface area is 255 Å². The lowest BCUT2D eigenvalue weighted by Gasteiger charge is -2.33. The number of nitrogens with one attached hydrogen (secondary N) is 3. The van der Waals surface area contributed by atoms with E-state index in [-0.39, 0.29) is 42.6 Å². The maximum atomic E-state index is 13.4. The normalized spacial score (nSPS) is 17.9. The average molecular weight is 666 g/mol. The number of carbonyl (C=O) groups is 3. The first-order valence-corrected chi connectivity index (χ1v) is 13.7. The Morgan fingerprint density at radius 3 is 1.95 bits per heavy atom. The highest BCUT2D eigenvalue weighted by molar-refractivity contribution is 6.40. The molecule has 1 atom stereocenters. The third-order valence-corrected chi connectivity index (χ3v) is 7.72. The standard InChI is InChI=1S/C28H23Cl2F6N3O5/c29-19-11-17(44-28(34,35)36)12-20(30)23(19)39-26(43)37-21-10-15-4-2-1-3-14(15)9-18(21)24(40)38-22(25(41)42)13-5-7-16(8-6-13)27(31,32)33/h1-4,9-13,16,22H,5-8H2,(H,38,40)(H,41,42)(H2,37,39,43). The molecule has 8 nitrogen and oxygen atoms in total. The van der Waals surface area contributed by atoms with Gasteiger partial charge >= 0.3 is 24.5 Å². The van der Waals surface area contributed by atoms with E-state index in [1.807, 2.05) is 0 Å². The number of carboxylic acids is 1. The van der Waals surface area contributed by atoms with Gasteiger partial charge in [0.1, 0.15) is 11.8 Å². The minimum absolute atomic E-state index is 0.0685. The predicted octanol–water partition coefficient (Wildman–Crippen LogP) is 8.24. The van der Waals surface area contributed by atoms with Gasteiger partial charge in [-0.05, 0) is 54.5 Å². The van der Waals surface area contributed by atoms with Crippen molar-refractivity contribution in [1.29, 1.82) is 0 Å². The Bertz CT molecular complexity index is 1550. The molecule has 0 saturated heterocycles. The van der Waals surface area contributed by atoms with Gasteiger partial charge in [0, 0.05) is 12.1 Å². The molecule has 0 bridgehead atoms. The van der Waals surface area contributed by atoms with Crippen LogP contribution >= 0.6 is 23.2 Å². The van der Waals surface area contributed by atoms with E-state index >= 15 is 0 Å². The Hall–Kier alpha value is -3.91. The van der Waals surface area contributed by atoms with E-state index in [1.54, 1.807) is 24.3 Å². The van der Waals surface area contributed by atoms with Crippen molar-refractivity contribution in [3.05, 3.63) is 64.1 Å². The topological polar surface area (TPSA) is 117 Å². The Kier molecular flexibility index (Phi) is 9.74. The zero-order chi connectivity index (χ0) is 32.4. The summed E-state index contributed by atoms with van der Waals surface area (Å²) in [6, 6.07) is 8.56. The van der Waals surface area contributed by atoms with Crippen molar-refractivity contribution in [3.8, 4) is 5.75 Å². The Morgan fingerprint density at radius 2 is 1.43 bits per heavy atom. The molecule has 0 radical (unpaired) electrons. The van der Waals surface area contributed by atoms with Crippen LogP contribution in [0, 0.1) is 11.8 Å². The van der Waals surface area contributed by atoms with Gasteiger partial charge in [-0.3, -0.25) is 4.79 Å². The van der Waals surface area contributed by atoms with Crippen LogP contribution in [0.4, 0.5) is 42.5 Å². The van der Waals surface area contributed by atoms with Crippen molar-refractivity contribution >= 4 is 63.3 Å². The third-order valence-electron chi connectivity index (χ3n) is 7.13. The molecule has 16 heteroatoms. The van der Waals surface area contributed by atoms with E-state index in [0.29, 0.717) is 10.8 Å². The van der Waals surface area contributed by atoms with Crippen molar-refractivity contribution < 1.29 is 50.6 Å². The molecule has 236 valence electrons. The smallest absolute Gasteiger partial charge is 0.480 e. The van der Waals surface area contributed by atoms with Crippen molar-refractivity contribution in [2.24, 2.45) is 11.8 Å². The van der Waals surface area contributed by atoms with E-state index in [0.717, 1.165) is 12.1 Å². The van der Waals surface area contributed by atoms with E-state index in [1.165, 1.54) is 12.1 Å². The van der Waals surface area contributed by atoms with Crippen LogP contribution in [0.5, 0.6) is 5.75 Å². The largest absolute Gasteiger partial charge is 0.573 e. The van der Waals surface area contributed by atoms with E-state index in [2.05, 4.69) is 20.7 Å². The second-order valence-electron chi connectivity index (χ2n) is 10.1. The Balaban J connectivity index is 1.57. The summed E-state index contributed by atoms with van der Waals surface area (Å²) in [4.78, 5) is 38.4. The molecule has 3 aromatic carbocycles. The first-order valence-electron chi connectivity index (χ1n) is 13.0. The molecule has 3 aromatic rings. The van der Waals surface area contributed by atoms with Crippen LogP contribution in [0.3, 0.4) is 0 Å². The first kappa shape index (κ1) is 33.0. The van der Waals surface area contributed by atoms with Crippen molar-refractivity contribution in [2.75, 3.05) is 10.6 Å². The number of ether oxygens (including phenoxy) is 1. The molecule has 0 aromatic heterocycles. The molecule has 0 aliphatic heterocycles. The van der Waals surface area contributed by atoms with Gasteiger partial charge in [0.25, 0.3) is 5.91 Å². The van der Waals surface area contributed by atoms with Crippen molar-refractivity contribution in [3.63, 3.8) is 0 Å². The molecule has 3 amide bonds. The number of aliphatic carboxylic acids is 1. The number of alkyl halides is 6.